The van der Waals surface area contributed by atoms with Gasteiger partial charge in [0.05, 0.1) is 17.7 Å². The van der Waals surface area contributed by atoms with E-state index in [0.717, 1.165) is 12.8 Å². The Hall–Kier alpha value is -1.20. The Balaban J connectivity index is 2.05. The highest BCUT2D eigenvalue weighted by Crippen LogP contribution is 2.34. The third kappa shape index (κ3) is 2.24. The largest absolute Gasteiger partial charge is 0.394 e. The molecule has 2 N–H and O–H groups in total. The lowest BCUT2D eigenvalue weighted by molar-refractivity contribution is 0.0906. The lowest BCUT2D eigenvalue weighted by Crippen LogP contribution is -2.39. The molecule has 0 bridgehead atoms. The predicted octanol–water partition coefficient (Wildman–Crippen LogP) is 0.385. The van der Waals surface area contributed by atoms with Crippen molar-refractivity contribution in [3.05, 3.63) is 23.2 Å². The van der Waals surface area contributed by atoms with Gasteiger partial charge in [-0.3, -0.25) is 4.79 Å². The van der Waals surface area contributed by atoms with Crippen LogP contribution in [-0.4, -0.2) is 33.1 Å². The molecule has 0 radical (unpaired) electrons. The second-order valence-corrected chi connectivity index (χ2v) is 3.97. The number of carbonyl (C=O) groups excluding carboxylic acids is 1. The van der Waals surface area contributed by atoms with Crippen molar-refractivity contribution in [3.63, 3.8) is 0 Å². The number of aliphatic hydroxyl groups excluding tert-OH is 1. The van der Waals surface area contributed by atoms with Crippen LogP contribution in [0.5, 0.6) is 0 Å². The summed E-state index contributed by atoms with van der Waals surface area (Å²) in [6, 6.07) is 0. The minimum Gasteiger partial charge on any atom is -0.394 e. The monoisotopic (exact) mass is 227 g/mol. The summed E-state index contributed by atoms with van der Waals surface area (Å²) in [5.74, 6) is -0.279. The molecule has 1 aromatic rings. The lowest BCUT2D eigenvalue weighted by Gasteiger charge is -2.13. The first kappa shape index (κ1) is 10.3. The van der Waals surface area contributed by atoms with Gasteiger partial charge in [-0.15, -0.1) is 0 Å². The van der Waals surface area contributed by atoms with Crippen LogP contribution in [0.3, 0.4) is 0 Å². The molecule has 15 heavy (non-hydrogen) atoms. The lowest BCUT2D eigenvalue weighted by atomic mass is 10.2. The predicted molar refractivity (Wildman–Crippen MR) is 53.6 cm³/mol. The molecule has 80 valence electrons. The molecule has 1 amide bonds. The number of hydrogen-bond acceptors (Lipinski definition) is 4. The summed E-state index contributed by atoms with van der Waals surface area (Å²) in [5, 5.41) is 11.9. The van der Waals surface area contributed by atoms with E-state index in [-0.39, 0.29) is 17.8 Å². The molecule has 5 nitrogen and oxygen atoms in total. The first-order chi connectivity index (χ1) is 7.15. The Kier molecular flexibility index (Phi) is 2.58. The molecular weight excluding hydrogens is 218 g/mol. The Labute approximate surface area is 91.5 Å². The van der Waals surface area contributed by atoms with Gasteiger partial charge in [-0.05, 0) is 24.4 Å². The van der Waals surface area contributed by atoms with Crippen LogP contribution in [0.15, 0.2) is 12.4 Å². The van der Waals surface area contributed by atoms with E-state index in [1.54, 1.807) is 0 Å². The average molecular weight is 228 g/mol. The zero-order chi connectivity index (χ0) is 10.9. The molecule has 0 saturated heterocycles. The van der Waals surface area contributed by atoms with Gasteiger partial charge >= 0.3 is 0 Å². The molecule has 0 spiro atoms. The Morgan fingerprint density at radius 1 is 1.53 bits per heavy atom. The van der Waals surface area contributed by atoms with Crippen LogP contribution in [0.4, 0.5) is 0 Å². The molecule has 0 aliphatic heterocycles. The fourth-order valence-corrected chi connectivity index (χ4v) is 1.31. The second-order valence-electron chi connectivity index (χ2n) is 3.63. The van der Waals surface area contributed by atoms with Crippen LogP contribution in [-0.2, 0) is 0 Å². The highest BCUT2D eigenvalue weighted by Gasteiger charge is 2.43. The quantitative estimate of drug-likeness (QED) is 0.733. The molecule has 1 aliphatic rings. The van der Waals surface area contributed by atoms with Gasteiger partial charge in [0.1, 0.15) is 0 Å². The van der Waals surface area contributed by atoms with Crippen molar-refractivity contribution >= 4 is 17.5 Å². The zero-order valence-corrected chi connectivity index (χ0v) is 8.66. The normalized spacial score (nSPS) is 17.2. The van der Waals surface area contributed by atoms with Gasteiger partial charge in [0.15, 0.2) is 0 Å². The zero-order valence-electron chi connectivity index (χ0n) is 7.90. The van der Waals surface area contributed by atoms with Crippen molar-refractivity contribution in [1.29, 1.82) is 0 Å². The van der Waals surface area contributed by atoms with E-state index in [1.165, 1.54) is 12.4 Å². The SMILES string of the molecule is O=C(NC1(CO)CC1)c1cnc(Cl)nc1. The van der Waals surface area contributed by atoms with Gasteiger partial charge in [0.25, 0.3) is 5.91 Å². The maximum atomic E-state index is 11.6. The standard InChI is InChI=1S/C9H10ClN3O2/c10-8-11-3-6(4-12-8)7(15)13-9(5-14)1-2-9/h3-4,14H,1-2,5H2,(H,13,15). The summed E-state index contributed by atoms with van der Waals surface area (Å²) < 4.78 is 0. The van der Waals surface area contributed by atoms with Gasteiger partial charge in [0.2, 0.25) is 5.28 Å². The van der Waals surface area contributed by atoms with E-state index in [4.69, 9.17) is 16.7 Å². The number of halogens is 1. The summed E-state index contributed by atoms with van der Waals surface area (Å²) in [6.07, 6.45) is 4.34. The molecule has 0 atom stereocenters. The summed E-state index contributed by atoms with van der Waals surface area (Å²) in [6.45, 7) is -0.0345. The number of carbonyl (C=O) groups is 1. The Bertz CT molecular complexity index is 375. The maximum absolute atomic E-state index is 11.6. The summed E-state index contributed by atoms with van der Waals surface area (Å²) in [7, 11) is 0. The number of amides is 1. The number of rotatable bonds is 3. The molecule has 6 heteroatoms. The fraction of sp³-hybridized carbons (Fsp3) is 0.444. The fourth-order valence-electron chi connectivity index (χ4n) is 1.22. The highest BCUT2D eigenvalue weighted by molar-refractivity contribution is 6.28. The number of aromatic nitrogens is 2. The molecule has 1 aromatic heterocycles. The van der Waals surface area contributed by atoms with E-state index >= 15 is 0 Å². The third-order valence-corrected chi connectivity index (χ3v) is 2.61. The maximum Gasteiger partial charge on any atom is 0.254 e. The van der Waals surface area contributed by atoms with Gasteiger partial charge in [0, 0.05) is 12.4 Å². The number of hydrogen-bond donors (Lipinski definition) is 2. The van der Waals surface area contributed by atoms with Crippen LogP contribution in [0.25, 0.3) is 0 Å². The second kappa shape index (κ2) is 3.75. The number of nitrogens with zero attached hydrogens (tertiary/aromatic N) is 2. The summed E-state index contributed by atoms with van der Waals surface area (Å²) >= 11 is 5.50. The Morgan fingerprint density at radius 3 is 2.60 bits per heavy atom. The molecule has 1 aliphatic carbocycles. The molecule has 2 rings (SSSR count). The van der Waals surface area contributed by atoms with Crippen molar-refractivity contribution in [2.24, 2.45) is 0 Å². The first-order valence-electron chi connectivity index (χ1n) is 4.56. The molecule has 1 saturated carbocycles. The molecule has 1 fully saturated rings. The van der Waals surface area contributed by atoms with Crippen LogP contribution in [0, 0.1) is 0 Å². The van der Waals surface area contributed by atoms with E-state index in [2.05, 4.69) is 15.3 Å². The van der Waals surface area contributed by atoms with Crippen molar-refractivity contribution in [2.45, 2.75) is 18.4 Å². The van der Waals surface area contributed by atoms with E-state index < -0.39 is 5.54 Å². The van der Waals surface area contributed by atoms with Crippen LogP contribution in [0.2, 0.25) is 5.28 Å². The molecule has 0 unspecified atom stereocenters. The van der Waals surface area contributed by atoms with Gasteiger partial charge < -0.3 is 10.4 Å². The third-order valence-electron chi connectivity index (χ3n) is 2.42. The van der Waals surface area contributed by atoms with Crippen molar-refractivity contribution in [3.8, 4) is 0 Å². The topological polar surface area (TPSA) is 75.1 Å². The molecule has 0 aromatic carbocycles. The summed E-state index contributed by atoms with van der Waals surface area (Å²) in [5.41, 5.74) is -0.0735. The average Bonchev–Trinajstić information content (AvgIpc) is 2.99. The van der Waals surface area contributed by atoms with Crippen LogP contribution in [0.1, 0.15) is 23.2 Å². The minimum absolute atomic E-state index is 0.0345. The van der Waals surface area contributed by atoms with Crippen molar-refractivity contribution in [2.75, 3.05) is 6.61 Å². The Morgan fingerprint density at radius 2 is 2.13 bits per heavy atom. The van der Waals surface area contributed by atoms with Crippen LogP contribution >= 0.6 is 11.6 Å². The van der Waals surface area contributed by atoms with Crippen molar-refractivity contribution < 1.29 is 9.90 Å². The summed E-state index contributed by atoms with van der Waals surface area (Å²) in [4.78, 5) is 19.0. The molecular formula is C9H10ClN3O2. The van der Waals surface area contributed by atoms with Crippen molar-refractivity contribution in [1.82, 2.24) is 15.3 Å². The highest BCUT2D eigenvalue weighted by atomic mass is 35.5. The number of aliphatic hydroxyl groups is 1. The van der Waals surface area contributed by atoms with Crippen LogP contribution < -0.4 is 5.32 Å². The van der Waals surface area contributed by atoms with Gasteiger partial charge in [-0.2, -0.15) is 0 Å². The number of nitrogens with one attached hydrogen (secondary N) is 1. The van der Waals surface area contributed by atoms with Gasteiger partial charge in [-0.1, -0.05) is 0 Å². The van der Waals surface area contributed by atoms with E-state index in [1.807, 2.05) is 0 Å². The van der Waals surface area contributed by atoms with E-state index in [9.17, 15) is 4.79 Å². The minimum atomic E-state index is -0.420. The first-order valence-corrected chi connectivity index (χ1v) is 4.94. The van der Waals surface area contributed by atoms with E-state index in [0.29, 0.717) is 5.56 Å². The molecule has 1 heterocycles. The smallest absolute Gasteiger partial charge is 0.254 e. The van der Waals surface area contributed by atoms with Gasteiger partial charge in [-0.25, -0.2) is 9.97 Å².